The molecule has 0 heterocycles. The molecule has 0 spiro atoms. The van der Waals surface area contributed by atoms with E-state index in [1.54, 1.807) is 13.8 Å². The first-order valence-corrected chi connectivity index (χ1v) is 4.36. The van der Waals surface area contributed by atoms with E-state index in [2.05, 4.69) is 0 Å². The van der Waals surface area contributed by atoms with Crippen molar-refractivity contribution in [3.8, 4) is 0 Å². The highest BCUT2D eigenvalue weighted by molar-refractivity contribution is 5.72. The smallest absolute Gasteiger partial charge is 0.0504 e. The van der Waals surface area contributed by atoms with Crippen molar-refractivity contribution in [3.63, 3.8) is 0 Å². The van der Waals surface area contributed by atoms with Crippen LogP contribution in [0.25, 0.3) is 0 Å². The topological polar surface area (TPSA) is 121 Å². The number of rotatable bonds is 5. The first kappa shape index (κ1) is 16.3. The van der Waals surface area contributed by atoms with Gasteiger partial charge in [-0.2, -0.15) is 0 Å². The summed E-state index contributed by atoms with van der Waals surface area (Å²) in [4.78, 5) is 19.0. The molecule has 0 radical (unpaired) electrons. The van der Waals surface area contributed by atoms with E-state index in [4.69, 9.17) is 10.2 Å². The second-order valence-corrected chi connectivity index (χ2v) is 3.72. The van der Waals surface area contributed by atoms with E-state index in [0.717, 1.165) is 0 Å². The maximum atomic E-state index is 9.50. The summed E-state index contributed by atoms with van der Waals surface area (Å²) in [5.74, 6) is -2.73. The molecule has 0 aliphatic heterocycles. The van der Waals surface area contributed by atoms with Crippen LogP contribution in [0.4, 0.5) is 0 Å². The average Bonchev–Trinajstić information content (AvgIpc) is 2.16. The predicted molar refractivity (Wildman–Crippen MR) is 47.2 cm³/mol. The highest BCUT2D eigenvalue weighted by atomic mass is 16.4. The van der Waals surface area contributed by atoms with Crippen molar-refractivity contribution in [2.24, 2.45) is 5.41 Å². The number of carbonyl (C=O) groups is 2. The molecule has 0 amide bonds. The van der Waals surface area contributed by atoms with Crippen molar-refractivity contribution >= 4 is 11.9 Å². The van der Waals surface area contributed by atoms with E-state index in [-0.39, 0.29) is 18.6 Å². The Morgan fingerprint density at radius 2 is 1.27 bits per heavy atom. The Labute approximate surface area is 88.2 Å². The Balaban J connectivity index is 0. The fourth-order valence-corrected chi connectivity index (χ4v) is 0.254. The lowest BCUT2D eigenvalue weighted by Crippen LogP contribution is -2.27. The van der Waals surface area contributed by atoms with Gasteiger partial charge < -0.3 is 30.0 Å². The minimum atomic E-state index is -1.37. The summed E-state index contributed by atoms with van der Waals surface area (Å²) in [6.07, 6.45) is -0.940. The molecule has 0 aliphatic rings. The molecule has 0 rings (SSSR count). The van der Waals surface area contributed by atoms with Crippen LogP contribution in [-0.2, 0) is 9.59 Å². The van der Waals surface area contributed by atoms with Crippen molar-refractivity contribution in [3.05, 3.63) is 0 Å². The van der Waals surface area contributed by atoms with Crippen LogP contribution in [0.3, 0.4) is 0 Å². The van der Waals surface area contributed by atoms with Gasteiger partial charge in [-0.05, 0) is 12.8 Å². The summed E-state index contributed by atoms with van der Waals surface area (Å²) in [6.45, 7) is 3.69. The van der Waals surface area contributed by atoms with Crippen LogP contribution in [0.15, 0.2) is 0 Å². The highest BCUT2D eigenvalue weighted by Crippen LogP contribution is 2.10. The summed E-state index contributed by atoms with van der Waals surface area (Å²) in [5.41, 5.74) is -0.306. The van der Waals surface area contributed by atoms with E-state index < -0.39 is 24.8 Å². The second kappa shape index (κ2) is 8.19. The fourth-order valence-electron chi connectivity index (χ4n) is 0.254. The largest absolute Gasteiger partial charge is 0.550 e. The highest BCUT2D eigenvalue weighted by Gasteiger charge is 2.13. The Hall–Kier alpha value is -1.14. The van der Waals surface area contributed by atoms with E-state index in [1.165, 1.54) is 0 Å². The minimum absolute atomic E-state index is 0.0451. The van der Waals surface area contributed by atoms with Crippen LogP contribution in [0.5, 0.6) is 0 Å². The van der Waals surface area contributed by atoms with Crippen LogP contribution in [0, 0.1) is 5.41 Å². The van der Waals surface area contributed by atoms with Gasteiger partial charge in [-0.3, -0.25) is 0 Å². The van der Waals surface area contributed by atoms with Crippen molar-refractivity contribution in [2.45, 2.75) is 26.7 Å². The zero-order valence-corrected chi connectivity index (χ0v) is 8.86. The average molecular weight is 220 g/mol. The van der Waals surface area contributed by atoms with Crippen LogP contribution in [0.1, 0.15) is 26.7 Å². The number of hydrogen-bond acceptors (Lipinski definition) is 6. The van der Waals surface area contributed by atoms with Gasteiger partial charge in [0.05, 0.1) is 13.2 Å². The molecule has 6 nitrogen and oxygen atoms in total. The SMILES string of the molecule is CC(C)(CO)CO.O=C([O-])CCC(=O)[O-]. The number of aliphatic carboxylic acids is 2. The third-order valence-corrected chi connectivity index (χ3v) is 1.39. The van der Waals surface area contributed by atoms with Crippen molar-refractivity contribution in [2.75, 3.05) is 13.2 Å². The third-order valence-electron chi connectivity index (χ3n) is 1.39. The van der Waals surface area contributed by atoms with Gasteiger partial charge in [0.25, 0.3) is 0 Å². The summed E-state index contributed by atoms with van der Waals surface area (Å²) in [5, 5.41) is 35.9. The number of carbonyl (C=O) groups excluding carboxylic acids is 2. The fraction of sp³-hybridized carbons (Fsp3) is 0.778. The molecule has 0 aliphatic carbocycles. The van der Waals surface area contributed by atoms with Gasteiger partial charge >= 0.3 is 0 Å². The van der Waals surface area contributed by atoms with Gasteiger partial charge in [0.15, 0.2) is 0 Å². The molecule has 0 unspecified atom stereocenters. The summed E-state index contributed by atoms with van der Waals surface area (Å²) < 4.78 is 0. The number of aliphatic hydroxyl groups excluding tert-OH is 2. The summed E-state index contributed by atoms with van der Waals surface area (Å²) in [7, 11) is 0. The summed E-state index contributed by atoms with van der Waals surface area (Å²) in [6, 6.07) is 0. The second-order valence-electron chi connectivity index (χ2n) is 3.72. The summed E-state index contributed by atoms with van der Waals surface area (Å²) >= 11 is 0. The van der Waals surface area contributed by atoms with Gasteiger partial charge in [0, 0.05) is 17.4 Å². The van der Waals surface area contributed by atoms with Crippen LogP contribution in [-0.4, -0.2) is 35.4 Å². The maximum absolute atomic E-state index is 9.50. The van der Waals surface area contributed by atoms with Crippen LogP contribution >= 0.6 is 0 Å². The molecular weight excluding hydrogens is 204 g/mol. The van der Waals surface area contributed by atoms with Gasteiger partial charge in [-0.1, -0.05) is 13.8 Å². The Bertz CT molecular complexity index is 179. The first-order chi connectivity index (χ1) is 6.75. The monoisotopic (exact) mass is 220 g/mol. The lowest BCUT2D eigenvalue weighted by atomic mass is 9.97. The van der Waals surface area contributed by atoms with Crippen LogP contribution < -0.4 is 10.2 Å². The number of hydrogen-bond donors (Lipinski definition) is 2. The number of aliphatic hydroxyl groups is 2. The lowest BCUT2D eigenvalue weighted by molar-refractivity contribution is -0.315. The van der Waals surface area contributed by atoms with E-state index in [1.807, 2.05) is 0 Å². The molecule has 6 heteroatoms. The van der Waals surface area contributed by atoms with Crippen molar-refractivity contribution in [1.82, 2.24) is 0 Å². The molecule has 15 heavy (non-hydrogen) atoms. The lowest BCUT2D eigenvalue weighted by Gasteiger charge is -2.16. The Morgan fingerprint density at radius 1 is 1.00 bits per heavy atom. The third kappa shape index (κ3) is 15.6. The van der Waals surface area contributed by atoms with Gasteiger partial charge in [0.1, 0.15) is 0 Å². The zero-order valence-electron chi connectivity index (χ0n) is 8.86. The Kier molecular flexibility index (Phi) is 8.90. The van der Waals surface area contributed by atoms with E-state index in [0.29, 0.717) is 0 Å². The molecule has 2 N–H and O–H groups in total. The molecule has 0 aromatic carbocycles. The van der Waals surface area contributed by atoms with Gasteiger partial charge in [-0.15, -0.1) is 0 Å². The molecule has 0 saturated heterocycles. The molecular formula is C9H16O6-2. The first-order valence-electron chi connectivity index (χ1n) is 4.36. The predicted octanol–water partition coefficient (Wildman–Crippen LogP) is -2.74. The normalized spacial score (nSPS) is 10.1. The zero-order chi connectivity index (χ0) is 12.5. The molecule has 0 fully saturated rings. The van der Waals surface area contributed by atoms with Crippen LogP contribution in [0.2, 0.25) is 0 Å². The van der Waals surface area contributed by atoms with Crippen molar-refractivity contribution < 1.29 is 30.0 Å². The van der Waals surface area contributed by atoms with E-state index in [9.17, 15) is 19.8 Å². The number of carboxylic acids is 2. The molecule has 90 valence electrons. The minimum Gasteiger partial charge on any atom is -0.550 e. The van der Waals surface area contributed by atoms with Gasteiger partial charge in [0.2, 0.25) is 0 Å². The maximum Gasteiger partial charge on any atom is 0.0504 e. The molecule has 0 aromatic rings. The van der Waals surface area contributed by atoms with Crippen molar-refractivity contribution in [1.29, 1.82) is 0 Å². The molecule has 0 saturated carbocycles. The molecule has 0 aromatic heterocycles. The van der Waals surface area contributed by atoms with E-state index >= 15 is 0 Å². The standard InChI is InChI=1S/C5H12O2.C4H6O4/c1-5(2,3-6)4-7;5-3(6)1-2-4(7)8/h6-7H,3-4H2,1-2H3;1-2H2,(H,5,6)(H,7,8)/p-2. The molecule has 0 bridgehead atoms. The van der Waals surface area contributed by atoms with Gasteiger partial charge in [-0.25, -0.2) is 0 Å². The Morgan fingerprint density at radius 3 is 1.33 bits per heavy atom. The number of carboxylic acid groups (broad SMARTS) is 2. The quantitative estimate of drug-likeness (QED) is 0.518. The molecule has 0 atom stereocenters.